The summed E-state index contributed by atoms with van der Waals surface area (Å²) in [5, 5.41) is 3.25. The number of nitrogens with zero attached hydrogens (tertiary/aromatic N) is 1. The first-order chi connectivity index (χ1) is 17.3. The van der Waals surface area contributed by atoms with Gasteiger partial charge >= 0.3 is 0 Å². The molecule has 1 N–H and O–H groups in total. The smallest absolute Gasteiger partial charge is 0.244 e. The van der Waals surface area contributed by atoms with Gasteiger partial charge in [0.1, 0.15) is 18.0 Å². The second-order valence-electron chi connectivity index (χ2n) is 8.51. The SMILES string of the molecule is CCc1ccc2c(c1)c(=O)c(C(=O)c1ccc(C)cc1)cn2CC(=O)Nc1cc(OC)ccc1OC. The molecule has 0 aliphatic carbocycles. The molecule has 0 radical (unpaired) electrons. The Kier molecular flexibility index (Phi) is 7.20. The van der Waals surface area contributed by atoms with Gasteiger partial charge in [-0.15, -0.1) is 0 Å². The summed E-state index contributed by atoms with van der Waals surface area (Å²) >= 11 is 0. The zero-order valence-electron chi connectivity index (χ0n) is 20.8. The van der Waals surface area contributed by atoms with Crippen molar-refractivity contribution in [1.29, 1.82) is 0 Å². The van der Waals surface area contributed by atoms with Crippen LogP contribution in [0.1, 0.15) is 34.0 Å². The molecule has 1 heterocycles. The molecule has 3 aromatic carbocycles. The number of ether oxygens (including phenoxy) is 2. The number of amides is 1. The molecule has 36 heavy (non-hydrogen) atoms. The maximum atomic E-state index is 13.4. The van der Waals surface area contributed by atoms with Crippen LogP contribution in [0.25, 0.3) is 10.9 Å². The van der Waals surface area contributed by atoms with Crippen molar-refractivity contribution in [3.05, 3.63) is 99.3 Å². The number of pyridine rings is 1. The van der Waals surface area contributed by atoms with Gasteiger partial charge in [0.2, 0.25) is 11.3 Å². The van der Waals surface area contributed by atoms with Crippen molar-refractivity contribution in [3.63, 3.8) is 0 Å². The minimum atomic E-state index is -0.382. The maximum absolute atomic E-state index is 13.4. The van der Waals surface area contributed by atoms with Crippen LogP contribution < -0.4 is 20.2 Å². The normalized spacial score (nSPS) is 10.8. The Hall–Kier alpha value is -4.39. The zero-order chi connectivity index (χ0) is 25.8. The first-order valence-corrected chi connectivity index (χ1v) is 11.6. The fraction of sp³-hybridized carbons (Fsp3) is 0.207. The molecule has 7 heteroatoms. The number of aryl methyl sites for hydroxylation is 2. The van der Waals surface area contributed by atoms with Crippen LogP contribution in [0.15, 0.2) is 71.7 Å². The first-order valence-electron chi connectivity index (χ1n) is 11.6. The van der Waals surface area contributed by atoms with E-state index in [1.165, 1.54) is 20.4 Å². The summed E-state index contributed by atoms with van der Waals surface area (Å²) in [7, 11) is 3.05. The summed E-state index contributed by atoms with van der Waals surface area (Å²) in [4.78, 5) is 39.8. The van der Waals surface area contributed by atoms with Gasteiger partial charge < -0.3 is 19.4 Å². The number of nitrogens with one attached hydrogen (secondary N) is 1. The molecule has 0 saturated carbocycles. The molecule has 184 valence electrons. The van der Waals surface area contributed by atoms with Gasteiger partial charge in [0.05, 0.1) is 31.0 Å². The number of methoxy groups -OCH3 is 2. The standard InChI is InChI=1S/C29H28N2O5/c1-5-19-8-12-25-22(14-19)29(34)23(28(33)20-9-6-18(2)7-10-20)16-31(25)17-27(32)30-24-15-21(35-3)11-13-26(24)36-4/h6-16H,5,17H2,1-4H3,(H,30,32). The third kappa shape index (κ3) is 5.00. The fourth-order valence-electron chi connectivity index (χ4n) is 4.07. The molecular weight excluding hydrogens is 456 g/mol. The van der Waals surface area contributed by atoms with Gasteiger partial charge in [-0.3, -0.25) is 14.4 Å². The third-order valence-electron chi connectivity index (χ3n) is 6.11. The molecule has 0 aliphatic rings. The Balaban J connectivity index is 1.77. The van der Waals surface area contributed by atoms with E-state index in [4.69, 9.17) is 9.47 Å². The van der Waals surface area contributed by atoms with Gasteiger partial charge in [0.25, 0.3) is 0 Å². The van der Waals surface area contributed by atoms with E-state index in [9.17, 15) is 14.4 Å². The lowest BCUT2D eigenvalue weighted by molar-refractivity contribution is -0.116. The molecule has 0 fully saturated rings. The number of carbonyl (C=O) groups is 2. The number of ketones is 1. The number of benzene rings is 3. The summed E-state index contributed by atoms with van der Waals surface area (Å²) in [6.45, 7) is 3.81. The number of rotatable bonds is 8. The van der Waals surface area contributed by atoms with Crippen LogP contribution in [-0.4, -0.2) is 30.5 Å². The average Bonchev–Trinajstić information content (AvgIpc) is 2.89. The van der Waals surface area contributed by atoms with E-state index in [0.29, 0.717) is 33.7 Å². The molecule has 7 nitrogen and oxygen atoms in total. The highest BCUT2D eigenvalue weighted by Crippen LogP contribution is 2.29. The van der Waals surface area contributed by atoms with Crippen LogP contribution in [0, 0.1) is 6.92 Å². The van der Waals surface area contributed by atoms with Gasteiger partial charge in [0.15, 0.2) is 5.78 Å². The largest absolute Gasteiger partial charge is 0.497 e. The molecule has 1 aromatic heterocycles. The highest BCUT2D eigenvalue weighted by molar-refractivity contribution is 6.10. The monoisotopic (exact) mass is 484 g/mol. The van der Waals surface area contributed by atoms with Crippen LogP contribution in [0.4, 0.5) is 5.69 Å². The van der Waals surface area contributed by atoms with Crippen molar-refractivity contribution in [1.82, 2.24) is 4.57 Å². The zero-order valence-corrected chi connectivity index (χ0v) is 20.8. The first kappa shape index (κ1) is 24.7. The Morgan fingerprint density at radius 2 is 1.69 bits per heavy atom. The van der Waals surface area contributed by atoms with E-state index in [-0.39, 0.29) is 29.2 Å². The van der Waals surface area contributed by atoms with Gasteiger partial charge in [0, 0.05) is 23.2 Å². The molecule has 1 amide bonds. The van der Waals surface area contributed by atoms with Crippen molar-refractivity contribution in [2.75, 3.05) is 19.5 Å². The van der Waals surface area contributed by atoms with Gasteiger partial charge in [-0.1, -0.05) is 42.8 Å². The van der Waals surface area contributed by atoms with Crippen molar-refractivity contribution in [2.24, 2.45) is 0 Å². The predicted octanol–water partition coefficient (Wildman–Crippen LogP) is 4.76. The maximum Gasteiger partial charge on any atom is 0.244 e. The molecule has 0 bridgehead atoms. The molecular formula is C29H28N2O5. The number of hydrogen-bond donors (Lipinski definition) is 1. The van der Waals surface area contributed by atoms with Crippen molar-refractivity contribution < 1.29 is 19.1 Å². The van der Waals surface area contributed by atoms with E-state index in [0.717, 1.165) is 17.5 Å². The Labute approximate surface area is 209 Å². The second-order valence-corrected chi connectivity index (χ2v) is 8.51. The average molecular weight is 485 g/mol. The summed E-state index contributed by atoms with van der Waals surface area (Å²) < 4.78 is 12.2. The molecule has 4 aromatic rings. The lowest BCUT2D eigenvalue weighted by atomic mass is 10.00. The van der Waals surface area contributed by atoms with E-state index in [1.807, 2.05) is 38.1 Å². The van der Waals surface area contributed by atoms with Gasteiger partial charge in [-0.25, -0.2) is 0 Å². The fourth-order valence-corrected chi connectivity index (χ4v) is 4.07. The number of carbonyl (C=O) groups excluding carboxylic acids is 2. The third-order valence-corrected chi connectivity index (χ3v) is 6.11. The predicted molar refractivity (Wildman–Crippen MR) is 140 cm³/mol. The molecule has 0 aliphatic heterocycles. The van der Waals surface area contributed by atoms with Crippen LogP contribution in [-0.2, 0) is 17.8 Å². The minimum absolute atomic E-state index is 0.0198. The molecule has 0 saturated heterocycles. The second kappa shape index (κ2) is 10.5. The van der Waals surface area contributed by atoms with Crippen LogP contribution >= 0.6 is 0 Å². The Bertz CT molecular complexity index is 1500. The summed E-state index contributed by atoms with van der Waals surface area (Å²) in [5.74, 6) is 0.321. The van der Waals surface area contributed by atoms with E-state index in [2.05, 4.69) is 5.32 Å². The van der Waals surface area contributed by atoms with Crippen LogP contribution in [0.2, 0.25) is 0 Å². The Morgan fingerprint density at radius 1 is 0.944 bits per heavy atom. The lowest BCUT2D eigenvalue weighted by Gasteiger charge is -2.15. The van der Waals surface area contributed by atoms with E-state index in [1.54, 1.807) is 41.0 Å². The molecule has 0 atom stereocenters. The van der Waals surface area contributed by atoms with Crippen molar-refractivity contribution in [2.45, 2.75) is 26.8 Å². The topological polar surface area (TPSA) is 86.6 Å². The number of fused-ring (bicyclic) bond motifs is 1. The number of anilines is 1. The summed E-state index contributed by atoms with van der Waals surface area (Å²) in [6, 6.07) is 17.7. The van der Waals surface area contributed by atoms with Gasteiger partial charge in [-0.05, 0) is 43.2 Å². The van der Waals surface area contributed by atoms with Crippen LogP contribution in [0.3, 0.4) is 0 Å². The molecule has 0 spiro atoms. The number of aromatic nitrogens is 1. The highest BCUT2D eigenvalue weighted by Gasteiger charge is 2.19. The quantitative estimate of drug-likeness (QED) is 0.365. The van der Waals surface area contributed by atoms with Gasteiger partial charge in [-0.2, -0.15) is 0 Å². The van der Waals surface area contributed by atoms with Crippen molar-refractivity contribution >= 4 is 28.3 Å². The van der Waals surface area contributed by atoms with E-state index < -0.39 is 0 Å². The summed E-state index contributed by atoms with van der Waals surface area (Å²) in [5.41, 5.74) is 3.10. The number of hydrogen-bond acceptors (Lipinski definition) is 5. The minimum Gasteiger partial charge on any atom is -0.497 e. The highest BCUT2D eigenvalue weighted by atomic mass is 16.5. The van der Waals surface area contributed by atoms with Crippen LogP contribution in [0.5, 0.6) is 11.5 Å². The van der Waals surface area contributed by atoms with Crippen molar-refractivity contribution in [3.8, 4) is 11.5 Å². The summed E-state index contributed by atoms with van der Waals surface area (Å²) in [6.07, 6.45) is 2.21. The molecule has 4 rings (SSSR count). The lowest BCUT2D eigenvalue weighted by Crippen LogP contribution is -2.24. The molecule has 0 unspecified atom stereocenters. The Morgan fingerprint density at radius 3 is 2.36 bits per heavy atom. The van der Waals surface area contributed by atoms with E-state index >= 15 is 0 Å².